The Balaban J connectivity index is 2.15. The largest absolute Gasteiger partial charge is 0.493 e. The molecule has 1 aliphatic rings. The van der Waals surface area contributed by atoms with Crippen molar-refractivity contribution in [1.29, 1.82) is 0 Å². The van der Waals surface area contributed by atoms with E-state index in [1.165, 1.54) is 12.8 Å². The molecule has 0 heterocycles. The number of guanidine groups is 1. The molecule has 1 aromatic rings. The maximum atomic E-state index is 11.5. The molecule has 7 heteroatoms. The fourth-order valence-electron chi connectivity index (χ4n) is 3.05. The van der Waals surface area contributed by atoms with Gasteiger partial charge in [-0.25, -0.2) is 4.99 Å². The van der Waals surface area contributed by atoms with E-state index in [4.69, 9.17) is 15.2 Å². The Morgan fingerprint density at radius 1 is 1.29 bits per heavy atom. The lowest BCUT2D eigenvalue weighted by Crippen LogP contribution is -2.46. The molecular formula is C21H34N4O3. The zero-order chi connectivity index (χ0) is 20.6. The van der Waals surface area contributed by atoms with Gasteiger partial charge in [-0.2, -0.15) is 0 Å². The average Bonchev–Trinajstić information content (AvgIpc) is 3.18. The Bertz CT molecular complexity index is 682. The summed E-state index contributed by atoms with van der Waals surface area (Å²) in [6.07, 6.45) is 4.80. The van der Waals surface area contributed by atoms with Gasteiger partial charge in [0, 0.05) is 18.7 Å². The number of nitrogens with zero attached hydrogens (tertiary/aromatic N) is 1. The summed E-state index contributed by atoms with van der Waals surface area (Å²) in [5.74, 6) is 1.78. The number of nitrogens with two attached hydrogens (primary N) is 1. The van der Waals surface area contributed by atoms with Crippen molar-refractivity contribution in [2.75, 3.05) is 20.2 Å². The van der Waals surface area contributed by atoms with Crippen molar-refractivity contribution in [2.45, 2.75) is 59.1 Å². The summed E-state index contributed by atoms with van der Waals surface area (Å²) in [5, 5.41) is 6.40. The number of amides is 1. The molecule has 1 fully saturated rings. The number of benzene rings is 1. The third-order valence-electron chi connectivity index (χ3n) is 4.98. The topological polar surface area (TPSA) is 98.0 Å². The van der Waals surface area contributed by atoms with Crippen LogP contribution in [0, 0.1) is 5.41 Å². The van der Waals surface area contributed by atoms with Gasteiger partial charge in [-0.15, -0.1) is 0 Å². The van der Waals surface area contributed by atoms with Gasteiger partial charge in [-0.3, -0.25) is 4.79 Å². The van der Waals surface area contributed by atoms with E-state index in [0.29, 0.717) is 25.6 Å². The normalized spacial score (nSPS) is 15.4. The number of hydrogen-bond acceptors (Lipinski definition) is 4. The number of methoxy groups -OCH3 is 1. The molecule has 0 bridgehead atoms. The lowest BCUT2D eigenvalue weighted by Gasteiger charge is -2.22. The van der Waals surface area contributed by atoms with Crippen LogP contribution in [0.15, 0.2) is 23.2 Å². The SMILES string of the molecule is CCNC(=NCc1cccc(OC)c1OC1CCCC1)NCC(C)(C)C(N)=O. The first-order valence-electron chi connectivity index (χ1n) is 10.0. The molecule has 0 saturated heterocycles. The highest BCUT2D eigenvalue weighted by atomic mass is 16.5. The van der Waals surface area contributed by atoms with Crippen molar-refractivity contribution in [3.63, 3.8) is 0 Å². The van der Waals surface area contributed by atoms with Gasteiger partial charge >= 0.3 is 0 Å². The van der Waals surface area contributed by atoms with Crippen LogP contribution in [0.25, 0.3) is 0 Å². The molecule has 28 heavy (non-hydrogen) atoms. The van der Waals surface area contributed by atoms with Crippen LogP contribution < -0.4 is 25.8 Å². The van der Waals surface area contributed by atoms with Crippen LogP contribution in [0.1, 0.15) is 52.0 Å². The quantitative estimate of drug-likeness (QED) is 0.445. The summed E-state index contributed by atoms with van der Waals surface area (Å²) in [5.41, 5.74) is 5.76. The minimum absolute atomic E-state index is 0.238. The lowest BCUT2D eigenvalue weighted by molar-refractivity contribution is -0.125. The van der Waals surface area contributed by atoms with Crippen LogP contribution in [-0.2, 0) is 11.3 Å². The number of primary amides is 1. The van der Waals surface area contributed by atoms with E-state index in [0.717, 1.165) is 29.9 Å². The standard InChI is InChI=1S/C21H34N4O3/c1-5-23-20(25-14-21(2,3)19(22)26)24-13-15-9-8-12-17(27-4)18(15)28-16-10-6-7-11-16/h8-9,12,16H,5-7,10-11,13-14H2,1-4H3,(H2,22,26)(H2,23,24,25). The molecule has 1 aliphatic carbocycles. The second-order valence-electron chi connectivity index (χ2n) is 7.77. The summed E-state index contributed by atoms with van der Waals surface area (Å²) >= 11 is 0. The predicted octanol–water partition coefficient (Wildman–Crippen LogP) is 2.58. The molecule has 0 unspecified atom stereocenters. The number of nitrogens with one attached hydrogen (secondary N) is 2. The highest BCUT2D eigenvalue weighted by Crippen LogP contribution is 2.35. The molecule has 4 N–H and O–H groups in total. The van der Waals surface area contributed by atoms with Crippen molar-refractivity contribution in [3.05, 3.63) is 23.8 Å². The minimum Gasteiger partial charge on any atom is -0.493 e. The molecule has 0 aromatic heterocycles. The van der Waals surface area contributed by atoms with Crippen molar-refractivity contribution < 1.29 is 14.3 Å². The van der Waals surface area contributed by atoms with Crippen LogP contribution >= 0.6 is 0 Å². The molecule has 0 aliphatic heterocycles. The van der Waals surface area contributed by atoms with E-state index in [9.17, 15) is 4.79 Å². The van der Waals surface area contributed by atoms with Gasteiger partial charge < -0.3 is 25.8 Å². The Morgan fingerprint density at radius 2 is 2.00 bits per heavy atom. The second kappa shape index (κ2) is 10.2. The van der Waals surface area contributed by atoms with Gasteiger partial charge in [0.1, 0.15) is 0 Å². The predicted molar refractivity (Wildman–Crippen MR) is 112 cm³/mol. The van der Waals surface area contributed by atoms with Crippen molar-refractivity contribution in [3.8, 4) is 11.5 Å². The van der Waals surface area contributed by atoms with Gasteiger partial charge in [0.15, 0.2) is 17.5 Å². The number of rotatable bonds is 9. The van der Waals surface area contributed by atoms with E-state index < -0.39 is 5.41 Å². The first-order chi connectivity index (χ1) is 13.4. The van der Waals surface area contributed by atoms with Crippen molar-refractivity contribution in [2.24, 2.45) is 16.1 Å². The lowest BCUT2D eigenvalue weighted by atomic mass is 9.93. The fraction of sp³-hybridized carbons (Fsp3) is 0.619. The van der Waals surface area contributed by atoms with Crippen LogP contribution in [0.5, 0.6) is 11.5 Å². The maximum absolute atomic E-state index is 11.5. The molecule has 156 valence electrons. The number of ether oxygens (including phenoxy) is 2. The molecule has 0 radical (unpaired) electrons. The highest BCUT2D eigenvalue weighted by molar-refractivity contribution is 5.83. The fourth-order valence-corrected chi connectivity index (χ4v) is 3.05. The van der Waals surface area contributed by atoms with E-state index in [1.807, 2.05) is 39.0 Å². The molecule has 0 spiro atoms. The van der Waals surface area contributed by atoms with Crippen molar-refractivity contribution >= 4 is 11.9 Å². The Hall–Kier alpha value is -2.44. The molecule has 7 nitrogen and oxygen atoms in total. The van der Waals surface area contributed by atoms with E-state index in [-0.39, 0.29) is 12.0 Å². The molecule has 1 amide bonds. The maximum Gasteiger partial charge on any atom is 0.224 e. The second-order valence-corrected chi connectivity index (χ2v) is 7.77. The highest BCUT2D eigenvalue weighted by Gasteiger charge is 2.25. The zero-order valence-corrected chi connectivity index (χ0v) is 17.5. The molecule has 2 rings (SSSR count). The smallest absolute Gasteiger partial charge is 0.224 e. The zero-order valence-electron chi connectivity index (χ0n) is 17.5. The van der Waals surface area contributed by atoms with Crippen molar-refractivity contribution in [1.82, 2.24) is 10.6 Å². The van der Waals surface area contributed by atoms with Gasteiger partial charge in [0.25, 0.3) is 0 Å². The summed E-state index contributed by atoms with van der Waals surface area (Å²) in [6, 6.07) is 5.87. The van der Waals surface area contributed by atoms with E-state index in [2.05, 4.69) is 15.6 Å². The van der Waals surface area contributed by atoms with Crippen LogP contribution in [-0.4, -0.2) is 38.2 Å². The van der Waals surface area contributed by atoms with Crippen LogP contribution in [0.2, 0.25) is 0 Å². The van der Waals surface area contributed by atoms with E-state index in [1.54, 1.807) is 7.11 Å². The van der Waals surface area contributed by atoms with Gasteiger partial charge in [-0.1, -0.05) is 12.1 Å². The van der Waals surface area contributed by atoms with Gasteiger partial charge in [0.05, 0.1) is 25.2 Å². The molecule has 1 aromatic carbocycles. The summed E-state index contributed by atoms with van der Waals surface area (Å²) in [6.45, 7) is 7.16. The summed E-state index contributed by atoms with van der Waals surface area (Å²) in [7, 11) is 1.65. The number of carbonyl (C=O) groups excluding carboxylic acids is 1. The summed E-state index contributed by atoms with van der Waals surface area (Å²) < 4.78 is 11.8. The third-order valence-corrected chi connectivity index (χ3v) is 4.98. The van der Waals surface area contributed by atoms with E-state index >= 15 is 0 Å². The Kier molecular flexibility index (Phi) is 7.96. The number of aliphatic imine (C=N–C) groups is 1. The Morgan fingerprint density at radius 3 is 2.61 bits per heavy atom. The Labute approximate surface area is 168 Å². The summed E-state index contributed by atoms with van der Waals surface area (Å²) in [4.78, 5) is 16.2. The van der Waals surface area contributed by atoms with Crippen LogP contribution in [0.4, 0.5) is 0 Å². The first-order valence-corrected chi connectivity index (χ1v) is 10.0. The van der Waals surface area contributed by atoms with Gasteiger partial charge in [-0.05, 0) is 52.5 Å². The van der Waals surface area contributed by atoms with Crippen LogP contribution in [0.3, 0.4) is 0 Å². The minimum atomic E-state index is -0.664. The molecule has 1 saturated carbocycles. The number of hydrogen-bond donors (Lipinski definition) is 3. The number of para-hydroxylation sites is 1. The third kappa shape index (κ3) is 6.04. The average molecular weight is 391 g/mol. The molecular weight excluding hydrogens is 356 g/mol. The monoisotopic (exact) mass is 390 g/mol. The first kappa shape index (κ1) is 21.9. The van der Waals surface area contributed by atoms with Gasteiger partial charge in [0.2, 0.25) is 5.91 Å². The molecule has 0 atom stereocenters. The number of carbonyl (C=O) groups is 1.